The summed E-state index contributed by atoms with van der Waals surface area (Å²) in [5.41, 5.74) is 1.43. The van der Waals surface area contributed by atoms with Crippen LogP contribution in [0.3, 0.4) is 0 Å². The lowest BCUT2D eigenvalue weighted by molar-refractivity contribution is 0.0598. The zero-order chi connectivity index (χ0) is 14.7. The number of rotatable bonds is 2. The lowest BCUT2D eigenvalue weighted by Crippen LogP contribution is -2.39. The van der Waals surface area contributed by atoms with Crippen molar-refractivity contribution in [3.8, 4) is 0 Å². The monoisotopic (exact) mass is 283 g/mol. The zero-order valence-corrected chi connectivity index (χ0v) is 11.9. The van der Waals surface area contributed by atoms with Gasteiger partial charge in [-0.2, -0.15) is 0 Å². The van der Waals surface area contributed by atoms with Crippen LogP contribution in [0.2, 0.25) is 0 Å². The third-order valence-corrected chi connectivity index (χ3v) is 3.68. The van der Waals surface area contributed by atoms with Gasteiger partial charge in [-0.15, -0.1) is 0 Å². The van der Waals surface area contributed by atoms with Crippen LogP contribution >= 0.6 is 0 Å². The maximum Gasteiger partial charge on any atom is 0.257 e. The highest BCUT2D eigenvalue weighted by molar-refractivity contribution is 5.93. The first-order valence-electron chi connectivity index (χ1n) is 7.11. The lowest BCUT2D eigenvalue weighted by Gasteiger charge is -2.34. The van der Waals surface area contributed by atoms with Crippen molar-refractivity contribution < 1.29 is 4.79 Å². The van der Waals surface area contributed by atoms with Crippen molar-refractivity contribution in [3.63, 3.8) is 0 Å². The molecule has 1 aliphatic heterocycles. The molecule has 0 saturated carbocycles. The molecular formula is C15H17N5O. The number of hydrogen-bond acceptors (Lipinski definition) is 5. The summed E-state index contributed by atoms with van der Waals surface area (Å²) in [5, 5.41) is 0. The predicted octanol–water partition coefficient (Wildman–Crippen LogP) is 1.94. The van der Waals surface area contributed by atoms with Crippen molar-refractivity contribution in [3.05, 3.63) is 48.1 Å². The second kappa shape index (κ2) is 5.95. The highest BCUT2D eigenvalue weighted by Crippen LogP contribution is 2.29. The SMILES string of the molecule is Cc1ccnc(C2CCCCN2C(=O)c2cncnc2)n1. The summed E-state index contributed by atoms with van der Waals surface area (Å²) < 4.78 is 0. The highest BCUT2D eigenvalue weighted by atomic mass is 16.2. The van der Waals surface area contributed by atoms with Crippen molar-refractivity contribution in [2.24, 2.45) is 0 Å². The predicted molar refractivity (Wildman–Crippen MR) is 76.4 cm³/mol. The molecule has 0 bridgehead atoms. The van der Waals surface area contributed by atoms with Crippen LogP contribution in [0.4, 0.5) is 0 Å². The second-order valence-electron chi connectivity index (χ2n) is 5.19. The van der Waals surface area contributed by atoms with E-state index >= 15 is 0 Å². The minimum atomic E-state index is -0.0636. The average Bonchev–Trinajstić information content (AvgIpc) is 2.55. The van der Waals surface area contributed by atoms with E-state index in [2.05, 4.69) is 19.9 Å². The van der Waals surface area contributed by atoms with Crippen LogP contribution in [-0.2, 0) is 0 Å². The van der Waals surface area contributed by atoms with E-state index in [1.54, 1.807) is 18.6 Å². The molecule has 0 radical (unpaired) electrons. The summed E-state index contributed by atoms with van der Waals surface area (Å²) in [6.07, 6.45) is 9.26. The number of likely N-dealkylation sites (tertiary alicyclic amines) is 1. The van der Waals surface area contributed by atoms with Gasteiger partial charge in [-0.25, -0.2) is 19.9 Å². The maximum absolute atomic E-state index is 12.7. The first-order valence-corrected chi connectivity index (χ1v) is 7.11. The number of piperidine rings is 1. The number of amides is 1. The van der Waals surface area contributed by atoms with Gasteiger partial charge in [-0.1, -0.05) is 0 Å². The summed E-state index contributed by atoms with van der Waals surface area (Å²) in [6.45, 7) is 2.65. The molecule has 0 spiro atoms. The van der Waals surface area contributed by atoms with Gasteiger partial charge in [0, 0.05) is 30.8 Å². The van der Waals surface area contributed by atoms with Crippen LogP contribution in [0.25, 0.3) is 0 Å². The molecule has 2 aromatic rings. The van der Waals surface area contributed by atoms with E-state index in [1.807, 2.05) is 17.9 Å². The summed E-state index contributed by atoms with van der Waals surface area (Å²) in [7, 11) is 0. The Morgan fingerprint density at radius 2 is 2.10 bits per heavy atom. The molecule has 1 saturated heterocycles. The molecule has 0 aromatic carbocycles. The van der Waals surface area contributed by atoms with Gasteiger partial charge in [0.25, 0.3) is 5.91 Å². The second-order valence-corrected chi connectivity index (χ2v) is 5.19. The Morgan fingerprint density at radius 3 is 2.86 bits per heavy atom. The first-order chi connectivity index (χ1) is 10.3. The molecule has 3 rings (SSSR count). The van der Waals surface area contributed by atoms with Gasteiger partial charge in [0.15, 0.2) is 5.82 Å². The highest BCUT2D eigenvalue weighted by Gasteiger charge is 2.30. The molecule has 0 N–H and O–H groups in total. The molecule has 1 fully saturated rings. The first kappa shape index (κ1) is 13.6. The van der Waals surface area contributed by atoms with Crippen LogP contribution in [0.5, 0.6) is 0 Å². The molecule has 2 aromatic heterocycles. The van der Waals surface area contributed by atoms with E-state index in [1.165, 1.54) is 6.33 Å². The van der Waals surface area contributed by atoms with Crippen molar-refractivity contribution in [2.45, 2.75) is 32.2 Å². The largest absolute Gasteiger partial charge is 0.328 e. The number of hydrogen-bond donors (Lipinski definition) is 0. The normalized spacial score (nSPS) is 18.5. The van der Waals surface area contributed by atoms with Gasteiger partial charge in [0.1, 0.15) is 6.33 Å². The minimum Gasteiger partial charge on any atom is -0.328 e. The van der Waals surface area contributed by atoms with Crippen molar-refractivity contribution in [2.75, 3.05) is 6.54 Å². The molecule has 1 atom stereocenters. The third kappa shape index (κ3) is 2.89. The number of aryl methyl sites for hydroxylation is 1. The van der Waals surface area contributed by atoms with Crippen LogP contribution in [-0.4, -0.2) is 37.3 Å². The van der Waals surface area contributed by atoms with Crippen molar-refractivity contribution in [1.82, 2.24) is 24.8 Å². The molecule has 6 heteroatoms. The van der Waals surface area contributed by atoms with Gasteiger partial charge in [0.2, 0.25) is 0 Å². The fraction of sp³-hybridized carbons (Fsp3) is 0.400. The van der Waals surface area contributed by atoms with Crippen LogP contribution in [0.1, 0.15) is 47.2 Å². The number of carbonyl (C=O) groups excluding carboxylic acids is 1. The molecule has 1 unspecified atom stereocenters. The van der Waals surface area contributed by atoms with E-state index in [4.69, 9.17) is 0 Å². The fourth-order valence-electron chi connectivity index (χ4n) is 2.65. The van der Waals surface area contributed by atoms with Gasteiger partial charge < -0.3 is 4.90 Å². The lowest BCUT2D eigenvalue weighted by atomic mass is 10.0. The Kier molecular flexibility index (Phi) is 3.85. The van der Waals surface area contributed by atoms with Crippen LogP contribution in [0, 0.1) is 6.92 Å². The Hall–Kier alpha value is -2.37. The maximum atomic E-state index is 12.7. The molecular weight excluding hydrogens is 266 g/mol. The molecule has 1 amide bonds. The smallest absolute Gasteiger partial charge is 0.257 e. The molecule has 6 nitrogen and oxygen atoms in total. The number of nitrogens with zero attached hydrogens (tertiary/aromatic N) is 5. The van der Waals surface area contributed by atoms with Gasteiger partial charge in [-0.05, 0) is 32.3 Å². The molecule has 108 valence electrons. The van der Waals surface area contributed by atoms with E-state index in [-0.39, 0.29) is 11.9 Å². The average molecular weight is 283 g/mol. The number of carbonyl (C=O) groups is 1. The van der Waals surface area contributed by atoms with Crippen molar-refractivity contribution in [1.29, 1.82) is 0 Å². The summed E-state index contributed by atoms with van der Waals surface area (Å²) >= 11 is 0. The Morgan fingerprint density at radius 1 is 1.29 bits per heavy atom. The zero-order valence-electron chi connectivity index (χ0n) is 11.9. The third-order valence-electron chi connectivity index (χ3n) is 3.68. The molecule has 1 aliphatic rings. The van der Waals surface area contributed by atoms with E-state index in [0.29, 0.717) is 5.56 Å². The Bertz CT molecular complexity index is 631. The van der Waals surface area contributed by atoms with Crippen molar-refractivity contribution >= 4 is 5.91 Å². The topological polar surface area (TPSA) is 71.9 Å². The Balaban J connectivity index is 1.90. The summed E-state index contributed by atoms with van der Waals surface area (Å²) in [5.74, 6) is 0.672. The van der Waals surface area contributed by atoms with Gasteiger partial charge in [0.05, 0.1) is 11.6 Å². The Labute approximate surface area is 123 Å². The number of aromatic nitrogens is 4. The summed E-state index contributed by atoms with van der Waals surface area (Å²) in [6, 6.07) is 1.80. The standard InChI is InChI=1S/C15H17N5O/c1-11-5-6-18-14(19-11)13-4-2-3-7-20(13)15(21)12-8-16-10-17-9-12/h5-6,8-10,13H,2-4,7H2,1H3. The van der Waals surface area contributed by atoms with Crippen LogP contribution in [0.15, 0.2) is 31.0 Å². The van der Waals surface area contributed by atoms with Gasteiger partial charge in [-0.3, -0.25) is 4.79 Å². The quantitative estimate of drug-likeness (QED) is 0.842. The van der Waals surface area contributed by atoms with Crippen LogP contribution < -0.4 is 0 Å². The van der Waals surface area contributed by atoms with E-state index in [9.17, 15) is 4.79 Å². The molecule has 0 aliphatic carbocycles. The summed E-state index contributed by atoms with van der Waals surface area (Å²) in [4.78, 5) is 31.2. The van der Waals surface area contributed by atoms with Gasteiger partial charge >= 0.3 is 0 Å². The fourth-order valence-corrected chi connectivity index (χ4v) is 2.65. The minimum absolute atomic E-state index is 0.0505. The van der Waals surface area contributed by atoms with E-state index < -0.39 is 0 Å². The molecule has 3 heterocycles. The molecule has 21 heavy (non-hydrogen) atoms. The van der Waals surface area contributed by atoms with E-state index in [0.717, 1.165) is 37.3 Å².